The van der Waals surface area contributed by atoms with Crippen LogP contribution in [0.5, 0.6) is 0 Å². The van der Waals surface area contributed by atoms with E-state index in [1.165, 1.54) is 0 Å². The van der Waals surface area contributed by atoms with Gasteiger partial charge in [-0.3, -0.25) is 0 Å². The third-order valence-electron chi connectivity index (χ3n) is 3.82. The van der Waals surface area contributed by atoms with Crippen molar-refractivity contribution < 1.29 is 72.8 Å². The first-order chi connectivity index (χ1) is 15.0. The molecule has 0 heterocycles. The van der Waals surface area contributed by atoms with E-state index in [2.05, 4.69) is 0 Å². The molecule has 0 bridgehead atoms. The van der Waals surface area contributed by atoms with E-state index in [1.54, 1.807) is 0 Å². The molecular formula is C16H10B2F12O4. The second-order valence-electron chi connectivity index (χ2n) is 6.43. The van der Waals surface area contributed by atoms with Crippen LogP contribution in [0.1, 0.15) is 22.3 Å². The summed E-state index contributed by atoms with van der Waals surface area (Å²) in [6.07, 6.45) is -20.0. The van der Waals surface area contributed by atoms with Crippen LogP contribution in [-0.2, 0) is 24.7 Å². The topological polar surface area (TPSA) is 80.9 Å². The molecule has 0 amide bonds. The van der Waals surface area contributed by atoms with Crippen LogP contribution in [0.15, 0.2) is 36.4 Å². The third-order valence-corrected chi connectivity index (χ3v) is 3.82. The van der Waals surface area contributed by atoms with Crippen molar-refractivity contribution in [3.8, 4) is 0 Å². The first-order valence-electron chi connectivity index (χ1n) is 8.34. The molecular weight excluding hydrogens is 506 g/mol. The molecule has 34 heavy (non-hydrogen) atoms. The number of hydrogen-bond donors (Lipinski definition) is 4. The number of alkyl halides is 12. The van der Waals surface area contributed by atoms with Gasteiger partial charge in [0.1, 0.15) is 0 Å². The van der Waals surface area contributed by atoms with Crippen LogP contribution in [-0.4, -0.2) is 34.3 Å². The molecule has 2 rings (SSSR count). The predicted molar refractivity (Wildman–Crippen MR) is 92.5 cm³/mol. The maximum atomic E-state index is 12.3. The molecule has 0 saturated heterocycles. The summed E-state index contributed by atoms with van der Waals surface area (Å²) in [5.41, 5.74) is -8.09. The van der Waals surface area contributed by atoms with E-state index in [4.69, 9.17) is 20.1 Å². The highest BCUT2D eigenvalue weighted by atomic mass is 19.4. The second-order valence-corrected chi connectivity index (χ2v) is 6.43. The fourth-order valence-electron chi connectivity index (χ4n) is 2.26. The van der Waals surface area contributed by atoms with Crippen molar-refractivity contribution in [2.75, 3.05) is 0 Å². The molecule has 0 aliphatic heterocycles. The number of hydrogen-bond acceptors (Lipinski definition) is 4. The fraction of sp³-hybridized carbons (Fsp3) is 0.250. The Morgan fingerprint density at radius 2 is 0.559 bits per heavy atom. The van der Waals surface area contributed by atoms with Crippen LogP contribution < -0.4 is 10.9 Å². The van der Waals surface area contributed by atoms with Gasteiger partial charge in [-0.05, 0) is 23.1 Å². The number of rotatable bonds is 2. The van der Waals surface area contributed by atoms with Gasteiger partial charge in [0, 0.05) is 0 Å². The van der Waals surface area contributed by atoms with Gasteiger partial charge in [0.25, 0.3) is 0 Å². The van der Waals surface area contributed by atoms with Gasteiger partial charge in [-0.15, -0.1) is 0 Å². The highest BCUT2D eigenvalue weighted by Gasteiger charge is 2.39. The van der Waals surface area contributed by atoms with E-state index in [1.807, 2.05) is 0 Å². The third kappa shape index (κ3) is 8.41. The Morgan fingerprint density at radius 1 is 0.382 bits per heavy atom. The summed E-state index contributed by atoms with van der Waals surface area (Å²) in [5, 5.41) is 34.5. The molecule has 2 aromatic rings. The van der Waals surface area contributed by atoms with Gasteiger partial charge in [0.15, 0.2) is 0 Å². The molecule has 2 aromatic carbocycles. The van der Waals surface area contributed by atoms with E-state index in [0.717, 1.165) is 0 Å². The lowest BCUT2D eigenvalue weighted by Gasteiger charge is -2.13. The summed E-state index contributed by atoms with van der Waals surface area (Å²) in [6.45, 7) is 0. The van der Waals surface area contributed by atoms with Crippen molar-refractivity contribution in [1.29, 1.82) is 0 Å². The minimum atomic E-state index is -5.00. The lowest BCUT2D eigenvalue weighted by atomic mass is 9.78. The van der Waals surface area contributed by atoms with Crippen molar-refractivity contribution in [1.82, 2.24) is 0 Å². The van der Waals surface area contributed by atoms with Crippen molar-refractivity contribution in [3.05, 3.63) is 58.7 Å². The Morgan fingerprint density at radius 3 is 0.676 bits per heavy atom. The summed E-state index contributed by atoms with van der Waals surface area (Å²) in [4.78, 5) is 0. The monoisotopic (exact) mass is 516 g/mol. The van der Waals surface area contributed by atoms with Crippen LogP contribution >= 0.6 is 0 Å². The number of benzene rings is 2. The average Bonchev–Trinajstić information content (AvgIpc) is 2.65. The van der Waals surface area contributed by atoms with Gasteiger partial charge in [-0.2, -0.15) is 52.7 Å². The van der Waals surface area contributed by atoms with E-state index < -0.39 is 72.1 Å². The smallest absolute Gasteiger partial charge is 0.423 e. The molecule has 0 aliphatic rings. The van der Waals surface area contributed by atoms with Crippen LogP contribution in [0.4, 0.5) is 52.7 Å². The van der Waals surface area contributed by atoms with Crippen molar-refractivity contribution in [2.45, 2.75) is 24.7 Å². The Kier molecular flexibility index (Phi) is 8.75. The predicted octanol–water partition coefficient (Wildman–Crippen LogP) is 2.81. The Labute approximate surface area is 182 Å². The first kappa shape index (κ1) is 29.6. The maximum absolute atomic E-state index is 12.3. The summed E-state index contributed by atoms with van der Waals surface area (Å²) >= 11 is 0. The molecule has 0 unspecified atom stereocenters. The maximum Gasteiger partial charge on any atom is 0.488 e. The van der Waals surface area contributed by atoms with Crippen LogP contribution in [0.2, 0.25) is 0 Å². The van der Waals surface area contributed by atoms with E-state index >= 15 is 0 Å². The molecule has 0 atom stereocenters. The summed E-state index contributed by atoms with van der Waals surface area (Å²) < 4.78 is 147. The normalized spacial score (nSPS) is 12.7. The molecule has 0 saturated carbocycles. The first-order valence-corrected chi connectivity index (χ1v) is 8.34. The highest BCUT2D eigenvalue weighted by molar-refractivity contribution is 6.59. The zero-order valence-electron chi connectivity index (χ0n) is 15.9. The largest absolute Gasteiger partial charge is 0.488 e. The summed E-state index contributed by atoms with van der Waals surface area (Å²) in [7, 11) is -4.81. The molecule has 0 spiro atoms. The minimum absolute atomic E-state index is 0.0914. The molecule has 0 aromatic heterocycles. The average molecular weight is 516 g/mol. The molecule has 0 radical (unpaired) electrons. The highest BCUT2D eigenvalue weighted by Crippen LogP contribution is 2.35. The summed E-state index contributed by atoms with van der Waals surface area (Å²) in [6, 6.07) is 0.817. The van der Waals surface area contributed by atoms with Crippen LogP contribution in [0.25, 0.3) is 0 Å². The van der Waals surface area contributed by atoms with E-state index in [9.17, 15) is 52.7 Å². The zero-order valence-corrected chi connectivity index (χ0v) is 15.9. The Balaban J connectivity index is 0.000000340. The Bertz CT molecular complexity index is 838. The minimum Gasteiger partial charge on any atom is -0.423 e. The lowest BCUT2D eigenvalue weighted by molar-refractivity contribution is -0.144. The lowest BCUT2D eigenvalue weighted by Crippen LogP contribution is -2.32. The Hall–Kier alpha value is -2.43. The molecule has 188 valence electrons. The van der Waals surface area contributed by atoms with E-state index in [-0.39, 0.29) is 36.4 Å². The van der Waals surface area contributed by atoms with Gasteiger partial charge < -0.3 is 20.1 Å². The fourth-order valence-corrected chi connectivity index (χ4v) is 2.26. The van der Waals surface area contributed by atoms with Crippen LogP contribution in [0, 0.1) is 0 Å². The van der Waals surface area contributed by atoms with Crippen LogP contribution in [0.3, 0.4) is 0 Å². The van der Waals surface area contributed by atoms with Gasteiger partial charge in [0.05, 0.1) is 22.3 Å². The standard InChI is InChI=1S/2C8H5BF6O2/c2*10-7(11,12)4-1-5(8(13,14)15)3-6(2-4)9(16)17/h2*1-3,16-17H. The molecule has 18 heteroatoms. The van der Waals surface area contributed by atoms with Gasteiger partial charge in [-0.1, -0.05) is 24.3 Å². The molecule has 4 N–H and O–H groups in total. The van der Waals surface area contributed by atoms with Gasteiger partial charge in [-0.25, -0.2) is 0 Å². The van der Waals surface area contributed by atoms with Crippen molar-refractivity contribution >= 4 is 25.2 Å². The van der Waals surface area contributed by atoms with Gasteiger partial charge in [0.2, 0.25) is 0 Å². The number of halogens is 12. The summed E-state index contributed by atoms with van der Waals surface area (Å²) in [5.74, 6) is 0. The zero-order chi connectivity index (χ0) is 26.9. The van der Waals surface area contributed by atoms with Crippen molar-refractivity contribution in [3.63, 3.8) is 0 Å². The molecule has 4 nitrogen and oxygen atoms in total. The SMILES string of the molecule is OB(O)c1cc(C(F)(F)F)cc(C(F)(F)F)c1.OB(O)c1cc(C(F)(F)F)cc(C(F)(F)F)c1. The molecule has 0 fully saturated rings. The van der Waals surface area contributed by atoms with Crippen molar-refractivity contribution in [2.24, 2.45) is 0 Å². The van der Waals surface area contributed by atoms with Gasteiger partial charge >= 0.3 is 38.9 Å². The van der Waals surface area contributed by atoms with E-state index in [0.29, 0.717) is 0 Å². The quantitative estimate of drug-likeness (QED) is 0.366. The molecule has 0 aliphatic carbocycles. The second kappa shape index (κ2) is 10.1.